The maximum Gasteiger partial charge on any atom is 0.416 e. The maximum atomic E-state index is 13.1. The van der Waals surface area contributed by atoms with Gasteiger partial charge < -0.3 is 10.1 Å². The fraction of sp³-hybridized carbons (Fsp3) is 0.160. The molecule has 0 unspecified atom stereocenters. The predicted octanol–water partition coefficient (Wildman–Crippen LogP) is 5.52. The minimum absolute atomic E-state index is 0.0325. The van der Waals surface area contributed by atoms with Crippen LogP contribution in [0.4, 0.5) is 13.2 Å². The van der Waals surface area contributed by atoms with Crippen LogP contribution in [0.25, 0.3) is 5.69 Å². The Balaban J connectivity index is 1.58. The van der Waals surface area contributed by atoms with E-state index in [-0.39, 0.29) is 12.5 Å². The molecule has 0 saturated heterocycles. The van der Waals surface area contributed by atoms with Crippen LogP contribution in [0.15, 0.2) is 84.0 Å². The second-order valence-electron chi connectivity index (χ2n) is 7.46. The van der Waals surface area contributed by atoms with Crippen molar-refractivity contribution in [3.05, 3.63) is 101 Å². The molecule has 0 aliphatic rings. The highest BCUT2D eigenvalue weighted by Gasteiger charge is 2.30. The molecule has 0 saturated carbocycles. The summed E-state index contributed by atoms with van der Waals surface area (Å²) in [5.74, 6) is 1.29. The third-order valence-corrected chi connectivity index (χ3v) is 6.12. The fourth-order valence-corrected chi connectivity index (χ4v) is 4.22. The Morgan fingerprint density at radius 2 is 1.66 bits per heavy atom. The van der Waals surface area contributed by atoms with Gasteiger partial charge in [-0.05, 0) is 54.1 Å². The molecule has 6 nitrogen and oxygen atoms in total. The summed E-state index contributed by atoms with van der Waals surface area (Å²) in [4.78, 5) is 12.6. The van der Waals surface area contributed by atoms with Gasteiger partial charge >= 0.3 is 6.18 Å². The number of carbonyl (C=O) groups is 1. The molecular formula is C25H21F3N4O2S. The molecule has 180 valence electrons. The van der Waals surface area contributed by atoms with Gasteiger partial charge in [-0.1, -0.05) is 42.1 Å². The van der Waals surface area contributed by atoms with E-state index in [1.165, 1.54) is 31.0 Å². The summed E-state index contributed by atoms with van der Waals surface area (Å²) < 4.78 is 45.9. The topological polar surface area (TPSA) is 69.0 Å². The van der Waals surface area contributed by atoms with Crippen LogP contribution in [0.3, 0.4) is 0 Å². The zero-order valence-corrected chi connectivity index (χ0v) is 19.4. The Kier molecular flexibility index (Phi) is 7.40. The van der Waals surface area contributed by atoms with Crippen LogP contribution in [0.5, 0.6) is 5.75 Å². The van der Waals surface area contributed by atoms with Crippen LogP contribution < -0.4 is 10.1 Å². The van der Waals surface area contributed by atoms with Gasteiger partial charge in [0.15, 0.2) is 11.0 Å². The SMILES string of the molecule is COc1ccc(C(=O)NCc2nnc(SCc3ccccc3)n2-c2ccc(C(F)(F)F)cc2)cc1. The third-order valence-electron chi connectivity index (χ3n) is 5.12. The Morgan fingerprint density at radius 3 is 2.29 bits per heavy atom. The zero-order valence-electron chi connectivity index (χ0n) is 18.6. The second-order valence-corrected chi connectivity index (χ2v) is 8.41. The highest BCUT2D eigenvalue weighted by molar-refractivity contribution is 7.98. The van der Waals surface area contributed by atoms with E-state index < -0.39 is 11.7 Å². The van der Waals surface area contributed by atoms with Gasteiger partial charge in [0.05, 0.1) is 19.2 Å². The highest BCUT2D eigenvalue weighted by atomic mass is 32.2. The Hall–Kier alpha value is -3.79. The summed E-state index contributed by atoms with van der Waals surface area (Å²) >= 11 is 1.40. The van der Waals surface area contributed by atoms with Crippen molar-refractivity contribution >= 4 is 17.7 Å². The van der Waals surface area contributed by atoms with E-state index in [2.05, 4.69) is 15.5 Å². The summed E-state index contributed by atoms with van der Waals surface area (Å²) in [6.45, 7) is 0.0325. The number of hydrogen-bond donors (Lipinski definition) is 1. The van der Waals surface area contributed by atoms with Crippen LogP contribution in [-0.4, -0.2) is 27.8 Å². The molecular weight excluding hydrogens is 477 g/mol. The molecule has 1 N–H and O–H groups in total. The van der Waals surface area contributed by atoms with Crippen LogP contribution in [0.2, 0.25) is 0 Å². The first-order valence-corrected chi connectivity index (χ1v) is 11.5. The number of amides is 1. The molecule has 0 fully saturated rings. The van der Waals surface area contributed by atoms with Gasteiger partial charge in [0.2, 0.25) is 0 Å². The van der Waals surface area contributed by atoms with Crippen molar-refractivity contribution in [3.8, 4) is 11.4 Å². The first kappa shape index (κ1) is 24.3. The molecule has 0 radical (unpaired) electrons. The molecule has 0 spiro atoms. The average Bonchev–Trinajstić information content (AvgIpc) is 3.29. The Morgan fingerprint density at radius 1 is 0.971 bits per heavy atom. The number of hydrogen-bond acceptors (Lipinski definition) is 5. The lowest BCUT2D eigenvalue weighted by atomic mass is 10.2. The van der Waals surface area contributed by atoms with Crippen molar-refractivity contribution < 1.29 is 22.7 Å². The van der Waals surface area contributed by atoms with Gasteiger partial charge in [-0.3, -0.25) is 9.36 Å². The van der Waals surface area contributed by atoms with Crippen molar-refractivity contribution in [2.75, 3.05) is 7.11 Å². The third kappa shape index (κ3) is 6.02. The Bertz CT molecular complexity index is 1280. The summed E-state index contributed by atoms with van der Waals surface area (Å²) in [6, 6.07) is 21.1. The van der Waals surface area contributed by atoms with Crippen molar-refractivity contribution in [2.45, 2.75) is 23.6 Å². The predicted molar refractivity (Wildman–Crippen MR) is 127 cm³/mol. The van der Waals surface area contributed by atoms with Crippen molar-refractivity contribution in [2.24, 2.45) is 0 Å². The van der Waals surface area contributed by atoms with Crippen molar-refractivity contribution in [1.29, 1.82) is 0 Å². The zero-order chi connectivity index (χ0) is 24.8. The summed E-state index contributed by atoms with van der Waals surface area (Å²) in [6.07, 6.45) is -4.44. The van der Waals surface area contributed by atoms with Gasteiger partial charge in [0.25, 0.3) is 5.91 Å². The van der Waals surface area contributed by atoms with Gasteiger partial charge in [-0.15, -0.1) is 10.2 Å². The van der Waals surface area contributed by atoms with E-state index >= 15 is 0 Å². The van der Waals surface area contributed by atoms with E-state index in [4.69, 9.17) is 4.74 Å². The number of alkyl halides is 3. The fourth-order valence-electron chi connectivity index (χ4n) is 3.29. The molecule has 4 rings (SSSR count). The largest absolute Gasteiger partial charge is 0.497 e. The molecule has 0 aliphatic heterocycles. The van der Waals surface area contributed by atoms with Gasteiger partial charge in [-0.25, -0.2) is 0 Å². The van der Waals surface area contributed by atoms with E-state index in [1.807, 2.05) is 30.3 Å². The van der Waals surface area contributed by atoms with Crippen LogP contribution in [0, 0.1) is 0 Å². The van der Waals surface area contributed by atoms with Crippen LogP contribution in [0.1, 0.15) is 27.3 Å². The number of benzene rings is 3. The summed E-state index contributed by atoms with van der Waals surface area (Å²) in [5.41, 5.74) is 1.22. The summed E-state index contributed by atoms with van der Waals surface area (Å²) in [5, 5.41) is 11.7. The molecule has 0 atom stereocenters. The lowest BCUT2D eigenvalue weighted by Gasteiger charge is -2.13. The van der Waals surface area contributed by atoms with Crippen LogP contribution in [-0.2, 0) is 18.5 Å². The number of rotatable bonds is 8. The molecule has 10 heteroatoms. The molecule has 0 aliphatic carbocycles. The molecule has 0 bridgehead atoms. The number of carbonyl (C=O) groups excluding carboxylic acids is 1. The smallest absolute Gasteiger partial charge is 0.416 e. The number of thioether (sulfide) groups is 1. The number of nitrogens with zero attached hydrogens (tertiary/aromatic N) is 3. The number of methoxy groups -OCH3 is 1. The quantitative estimate of drug-likeness (QED) is 0.324. The molecule has 1 heterocycles. The first-order valence-electron chi connectivity index (χ1n) is 10.6. The number of nitrogens with one attached hydrogen (secondary N) is 1. The monoisotopic (exact) mass is 498 g/mol. The number of halogens is 3. The van der Waals surface area contributed by atoms with Crippen molar-refractivity contribution in [3.63, 3.8) is 0 Å². The van der Waals surface area contributed by atoms with Crippen LogP contribution >= 0.6 is 11.8 Å². The molecule has 35 heavy (non-hydrogen) atoms. The number of ether oxygens (including phenoxy) is 1. The lowest BCUT2D eigenvalue weighted by molar-refractivity contribution is -0.137. The molecule has 1 aromatic heterocycles. The van der Waals surface area contributed by atoms with E-state index in [0.717, 1.165) is 17.7 Å². The second kappa shape index (κ2) is 10.6. The van der Waals surface area contributed by atoms with Gasteiger partial charge in [0, 0.05) is 17.0 Å². The highest BCUT2D eigenvalue weighted by Crippen LogP contribution is 2.31. The minimum Gasteiger partial charge on any atom is -0.497 e. The standard InChI is InChI=1S/C25H21F3N4O2S/c1-34-21-13-7-18(8-14-21)23(33)29-15-22-30-31-24(35-16-17-5-3-2-4-6-17)32(22)20-11-9-19(10-12-20)25(26,27)28/h2-14H,15-16H2,1H3,(H,29,33). The molecule has 4 aromatic rings. The van der Waals surface area contributed by atoms with Gasteiger partial charge in [-0.2, -0.15) is 13.2 Å². The normalized spacial score (nSPS) is 11.3. The lowest BCUT2D eigenvalue weighted by Crippen LogP contribution is -2.24. The van der Waals surface area contributed by atoms with E-state index in [9.17, 15) is 18.0 Å². The Labute approximate surface area is 204 Å². The number of aromatic nitrogens is 3. The summed E-state index contributed by atoms with van der Waals surface area (Å²) in [7, 11) is 1.54. The van der Waals surface area contributed by atoms with E-state index in [1.54, 1.807) is 28.8 Å². The van der Waals surface area contributed by atoms with E-state index in [0.29, 0.717) is 33.7 Å². The molecule has 3 aromatic carbocycles. The van der Waals surface area contributed by atoms with Crippen molar-refractivity contribution in [1.82, 2.24) is 20.1 Å². The maximum absolute atomic E-state index is 13.1. The first-order chi connectivity index (χ1) is 16.8. The average molecular weight is 499 g/mol. The van der Waals surface area contributed by atoms with Gasteiger partial charge in [0.1, 0.15) is 5.75 Å². The molecule has 1 amide bonds. The minimum atomic E-state index is -4.44.